The van der Waals surface area contributed by atoms with Crippen LogP contribution in [0.5, 0.6) is 0 Å². The van der Waals surface area contributed by atoms with Crippen molar-refractivity contribution in [2.75, 3.05) is 5.32 Å². The lowest BCUT2D eigenvalue weighted by Crippen LogP contribution is -2.35. The Hall–Kier alpha value is -1.36. The molecule has 1 heterocycles. The van der Waals surface area contributed by atoms with Gasteiger partial charge in [0.1, 0.15) is 5.00 Å². The van der Waals surface area contributed by atoms with Gasteiger partial charge in [-0.2, -0.15) is 0 Å². The Morgan fingerprint density at radius 1 is 1.35 bits per heavy atom. The minimum atomic E-state index is -0.981. The van der Waals surface area contributed by atoms with Crippen molar-refractivity contribution in [3.05, 3.63) is 16.5 Å². The van der Waals surface area contributed by atoms with Crippen LogP contribution in [0.15, 0.2) is 6.07 Å². The summed E-state index contributed by atoms with van der Waals surface area (Å²) < 4.78 is 0. The van der Waals surface area contributed by atoms with Crippen LogP contribution >= 0.6 is 11.3 Å². The molecule has 1 aliphatic carbocycles. The largest absolute Gasteiger partial charge is 0.478 e. The number of nitrogens with one attached hydrogen (secondary N) is 1. The van der Waals surface area contributed by atoms with Gasteiger partial charge in [-0.25, -0.2) is 4.79 Å². The summed E-state index contributed by atoms with van der Waals surface area (Å²) in [6.07, 6.45) is 5.86. The normalized spacial score (nSPS) is 17.7. The van der Waals surface area contributed by atoms with E-state index in [1.54, 1.807) is 6.07 Å². The monoisotopic (exact) mass is 295 g/mol. The van der Waals surface area contributed by atoms with Crippen molar-refractivity contribution in [2.45, 2.75) is 52.4 Å². The molecular formula is C15H21NO3S. The van der Waals surface area contributed by atoms with Crippen molar-refractivity contribution >= 4 is 28.2 Å². The Balaban J connectivity index is 2.18. The lowest BCUT2D eigenvalue weighted by molar-refractivity contribution is -0.126. The van der Waals surface area contributed by atoms with E-state index >= 15 is 0 Å². The highest BCUT2D eigenvalue weighted by atomic mass is 32.1. The summed E-state index contributed by atoms with van der Waals surface area (Å²) in [5, 5.41) is 12.6. The van der Waals surface area contributed by atoms with Gasteiger partial charge in [0.15, 0.2) is 0 Å². The predicted molar refractivity (Wildman–Crippen MR) is 80.5 cm³/mol. The maximum atomic E-state index is 12.5. The van der Waals surface area contributed by atoms with E-state index in [0.29, 0.717) is 5.00 Å². The van der Waals surface area contributed by atoms with Crippen LogP contribution in [0, 0.1) is 5.41 Å². The molecule has 110 valence electrons. The summed E-state index contributed by atoms with van der Waals surface area (Å²) in [4.78, 5) is 24.7. The molecule has 0 aliphatic heterocycles. The molecule has 0 spiro atoms. The van der Waals surface area contributed by atoms with Gasteiger partial charge in [0, 0.05) is 10.3 Å². The Kier molecular flexibility index (Phi) is 4.48. The summed E-state index contributed by atoms with van der Waals surface area (Å²) in [7, 11) is 0. The number of carboxylic acids is 1. The minimum absolute atomic E-state index is 0.0378. The van der Waals surface area contributed by atoms with E-state index in [4.69, 9.17) is 0 Å². The topological polar surface area (TPSA) is 66.4 Å². The van der Waals surface area contributed by atoms with E-state index in [2.05, 4.69) is 5.32 Å². The summed E-state index contributed by atoms with van der Waals surface area (Å²) in [5.74, 6) is -1.02. The first-order valence-electron chi connectivity index (χ1n) is 7.14. The van der Waals surface area contributed by atoms with Gasteiger partial charge < -0.3 is 10.4 Å². The van der Waals surface area contributed by atoms with E-state index in [1.165, 1.54) is 17.8 Å². The smallest absolute Gasteiger partial charge is 0.338 e. The number of carbonyl (C=O) groups is 2. The number of hydrogen-bond donors (Lipinski definition) is 2. The van der Waals surface area contributed by atoms with Crippen molar-refractivity contribution in [1.29, 1.82) is 0 Å². The molecule has 1 aromatic heterocycles. The molecule has 20 heavy (non-hydrogen) atoms. The maximum Gasteiger partial charge on any atom is 0.338 e. The lowest BCUT2D eigenvalue weighted by Gasteiger charge is -2.31. The van der Waals surface area contributed by atoms with Gasteiger partial charge in [-0.15, -0.1) is 11.3 Å². The highest BCUT2D eigenvalue weighted by molar-refractivity contribution is 7.16. The predicted octanol–water partition coefficient (Wildman–Crippen LogP) is 3.92. The minimum Gasteiger partial charge on any atom is -0.478 e. The number of rotatable bonds is 4. The van der Waals surface area contributed by atoms with E-state index in [0.717, 1.165) is 37.0 Å². The third kappa shape index (κ3) is 3.03. The summed E-state index contributed by atoms with van der Waals surface area (Å²) >= 11 is 1.37. The average Bonchev–Trinajstić information content (AvgIpc) is 2.83. The molecule has 0 atom stereocenters. The van der Waals surface area contributed by atoms with Crippen LogP contribution in [0.25, 0.3) is 0 Å². The van der Waals surface area contributed by atoms with Gasteiger partial charge in [0.25, 0.3) is 0 Å². The molecule has 0 bridgehead atoms. The number of hydrogen-bond acceptors (Lipinski definition) is 3. The second kappa shape index (κ2) is 5.95. The zero-order valence-corrected chi connectivity index (χ0v) is 12.8. The molecular weight excluding hydrogens is 274 g/mol. The van der Waals surface area contributed by atoms with Crippen molar-refractivity contribution in [1.82, 2.24) is 0 Å². The lowest BCUT2D eigenvalue weighted by atomic mass is 9.75. The highest BCUT2D eigenvalue weighted by Gasteiger charge is 2.35. The quantitative estimate of drug-likeness (QED) is 0.884. The molecule has 1 aliphatic rings. The Bertz CT molecular complexity index is 515. The molecule has 0 aromatic carbocycles. The molecule has 1 aromatic rings. The molecule has 0 radical (unpaired) electrons. The zero-order valence-electron chi connectivity index (χ0n) is 12.0. The van der Waals surface area contributed by atoms with Crippen molar-refractivity contribution in [3.8, 4) is 0 Å². The zero-order chi connectivity index (χ0) is 14.8. The number of carbonyl (C=O) groups excluding carboxylic acids is 1. The van der Waals surface area contributed by atoms with Crippen LogP contribution in [0.4, 0.5) is 5.00 Å². The van der Waals surface area contributed by atoms with Crippen molar-refractivity contribution in [3.63, 3.8) is 0 Å². The molecule has 2 N–H and O–H groups in total. The molecule has 4 nitrogen and oxygen atoms in total. The Morgan fingerprint density at radius 2 is 2.00 bits per heavy atom. The van der Waals surface area contributed by atoms with E-state index in [9.17, 15) is 14.7 Å². The fourth-order valence-corrected chi connectivity index (χ4v) is 3.66. The highest BCUT2D eigenvalue weighted by Crippen LogP contribution is 2.38. The third-order valence-electron chi connectivity index (χ3n) is 4.09. The third-order valence-corrected chi connectivity index (χ3v) is 5.29. The molecule has 0 saturated heterocycles. The van der Waals surface area contributed by atoms with Gasteiger partial charge in [-0.3, -0.25) is 4.79 Å². The van der Waals surface area contributed by atoms with Crippen LogP contribution in [0.3, 0.4) is 0 Å². The maximum absolute atomic E-state index is 12.5. The first-order chi connectivity index (χ1) is 9.46. The molecule has 1 fully saturated rings. The van der Waals surface area contributed by atoms with Crippen molar-refractivity contribution in [2.24, 2.45) is 5.41 Å². The molecule has 2 rings (SSSR count). The second-order valence-electron chi connectivity index (χ2n) is 5.69. The van der Waals surface area contributed by atoms with Crippen LogP contribution in [0.1, 0.15) is 61.2 Å². The molecule has 5 heteroatoms. The standard InChI is InChI=1S/C15H21NO3S/c1-3-10-9-11(13(17)18)12(20-10)16-14(19)15(2)7-5-4-6-8-15/h9H,3-8H2,1-2H3,(H,16,19)(H,17,18). The van der Waals surface area contributed by atoms with Crippen LogP contribution in [-0.2, 0) is 11.2 Å². The van der Waals surface area contributed by atoms with Crippen LogP contribution < -0.4 is 5.32 Å². The van der Waals surface area contributed by atoms with Gasteiger partial charge in [0.05, 0.1) is 5.56 Å². The Morgan fingerprint density at radius 3 is 2.55 bits per heavy atom. The van der Waals surface area contributed by atoms with Crippen LogP contribution in [0.2, 0.25) is 0 Å². The molecule has 1 saturated carbocycles. The number of carboxylic acid groups (broad SMARTS) is 1. The average molecular weight is 295 g/mol. The number of amides is 1. The molecule has 0 unspecified atom stereocenters. The Labute approximate surface area is 123 Å². The first-order valence-corrected chi connectivity index (χ1v) is 7.95. The number of aryl methyl sites for hydroxylation is 1. The number of thiophene rings is 1. The second-order valence-corrected chi connectivity index (χ2v) is 6.83. The number of anilines is 1. The van der Waals surface area contributed by atoms with E-state index in [-0.39, 0.29) is 16.9 Å². The summed E-state index contributed by atoms with van der Waals surface area (Å²) in [6.45, 7) is 3.96. The summed E-state index contributed by atoms with van der Waals surface area (Å²) in [5.41, 5.74) is -0.149. The van der Waals surface area contributed by atoms with E-state index < -0.39 is 5.97 Å². The van der Waals surface area contributed by atoms with Gasteiger partial charge in [-0.1, -0.05) is 33.1 Å². The number of aromatic carboxylic acids is 1. The van der Waals surface area contributed by atoms with Gasteiger partial charge in [0.2, 0.25) is 5.91 Å². The van der Waals surface area contributed by atoms with Gasteiger partial charge >= 0.3 is 5.97 Å². The SMILES string of the molecule is CCc1cc(C(=O)O)c(NC(=O)C2(C)CCCCC2)s1. The molecule has 1 amide bonds. The fourth-order valence-electron chi connectivity index (χ4n) is 2.68. The fraction of sp³-hybridized carbons (Fsp3) is 0.600. The van der Waals surface area contributed by atoms with E-state index in [1.807, 2.05) is 13.8 Å². The van der Waals surface area contributed by atoms with Gasteiger partial charge in [-0.05, 0) is 25.3 Å². The summed E-state index contributed by atoms with van der Waals surface area (Å²) in [6, 6.07) is 1.66. The van der Waals surface area contributed by atoms with Crippen LogP contribution in [-0.4, -0.2) is 17.0 Å². The van der Waals surface area contributed by atoms with Crippen molar-refractivity contribution < 1.29 is 14.7 Å². The first kappa shape index (κ1) is 15.0.